The first-order chi connectivity index (χ1) is 13.7. The Bertz CT molecular complexity index is 839. The molecule has 2 N–H and O–H groups in total. The number of carbonyl (C=O) groups excluding carboxylic acids is 2. The van der Waals surface area contributed by atoms with Crippen LogP contribution in [0.2, 0.25) is 0 Å². The van der Waals surface area contributed by atoms with Gasteiger partial charge in [-0.1, -0.05) is 11.2 Å². The number of alkyl halides is 3. The van der Waals surface area contributed by atoms with E-state index in [1.807, 2.05) is 0 Å². The number of urea groups is 1. The summed E-state index contributed by atoms with van der Waals surface area (Å²) in [5, 5.41) is 8.50. The van der Waals surface area contributed by atoms with Crippen LogP contribution in [-0.2, 0) is 15.7 Å². The number of aromatic nitrogens is 1. The van der Waals surface area contributed by atoms with Gasteiger partial charge in [-0.3, -0.25) is 4.79 Å². The van der Waals surface area contributed by atoms with Gasteiger partial charge in [-0.25, -0.2) is 4.79 Å². The Kier molecular flexibility index (Phi) is 7.59. The van der Waals surface area contributed by atoms with E-state index in [0.29, 0.717) is 18.8 Å². The third-order valence-electron chi connectivity index (χ3n) is 3.73. The molecule has 2 aromatic rings. The number of nitrogens with one attached hydrogen (secondary N) is 2. The molecular formula is C18H21F3N4O4. The van der Waals surface area contributed by atoms with Crippen LogP contribution < -0.4 is 10.6 Å². The molecule has 29 heavy (non-hydrogen) atoms. The van der Waals surface area contributed by atoms with Crippen LogP contribution >= 0.6 is 0 Å². The number of amides is 3. The molecule has 1 aromatic heterocycles. The second-order valence-corrected chi connectivity index (χ2v) is 6.15. The highest BCUT2D eigenvalue weighted by atomic mass is 19.4. The number of carbonyl (C=O) groups is 2. The molecule has 0 spiro atoms. The van der Waals surface area contributed by atoms with Gasteiger partial charge in [-0.15, -0.1) is 0 Å². The molecule has 1 heterocycles. The fraction of sp³-hybridized carbons (Fsp3) is 0.389. The van der Waals surface area contributed by atoms with E-state index < -0.39 is 23.7 Å². The molecule has 0 aliphatic heterocycles. The van der Waals surface area contributed by atoms with Crippen LogP contribution in [-0.4, -0.2) is 48.8 Å². The van der Waals surface area contributed by atoms with Gasteiger partial charge in [-0.05, 0) is 31.5 Å². The number of rotatable bonds is 8. The Morgan fingerprint density at radius 2 is 2.00 bits per heavy atom. The SMILES string of the molecule is COCCCN(CC(=O)Nc1cc(C)on1)C(=O)Nc1cccc(C(F)(F)F)c1. The van der Waals surface area contributed by atoms with Crippen LogP contribution in [0.25, 0.3) is 0 Å². The molecule has 0 aliphatic carbocycles. The first-order valence-electron chi connectivity index (χ1n) is 8.64. The molecule has 2 rings (SSSR count). The third kappa shape index (κ3) is 7.11. The van der Waals surface area contributed by atoms with E-state index in [4.69, 9.17) is 9.26 Å². The Morgan fingerprint density at radius 1 is 1.24 bits per heavy atom. The average molecular weight is 414 g/mol. The fourth-order valence-electron chi connectivity index (χ4n) is 2.41. The van der Waals surface area contributed by atoms with Crippen molar-refractivity contribution >= 4 is 23.4 Å². The molecule has 0 saturated heterocycles. The molecular weight excluding hydrogens is 393 g/mol. The number of hydrogen-bond donors (Lipinski definition) is 2. The Morgan fingerprint density at radius 3 is 2.62 bits per heavy atom. The van der Waals surface area contributed by atoms with Crippen molar-refractivity contribution in [1.29, 1.82) is 0 Å². The van der Waals surface area contributed by atoms with E-state index in [2.05, 4.69) is 15.8 Å². The summed E-state index contributed by atoms with van der Waals surface area (Å²) in [5.74, 6) is 0.164. The molecule has 158 valence electrons. The molecule has 0 unspecified atom stereocenters. The van der Waals surface area contributed by atoms with Crippen LogP contribution in [0.3, 0.4) is 0 Å². The van der Waals surface area contributed by atoms with Gasteiger partial charge in [0.15, 0.2) is 5.82 Å². The first-order valence-corrected chi connectivity index (χ1v) is 8.64. The van der Waals surface area contributed by atoms with Crippen LogP contribution in [0.1, 0.15) is 17.7 Å². The van der Waals surface area contributed by atoms with Gasteiger partial charge in [0.2, 0.25) is 5.91 Å². The number of methoxy groups -OCH3 is 1. The summed E-state index contributed by atoms with van der Waals surface area (Å²) in [5.41, 5.74) is -0.922. The largest absolute Gasteiger partial charge is 0.416 e. The predicted octanol–water partition coefficient (Wildman–Crippen LogP) is 3.51. The predicted molar refractivity (Wildman–Crippen MR) is 98.4 cm³/mol. The van der Waals surface area contributed by atoms with Crippen molar-refractivity contribution in [1.82, 2.24) is 10.1 Å². The van der Waals surface area contributed by atoms with Gasteiger partial charge in [-0.2, -0.15) is 13.2 Å². The van der Waals surface area contributed by atoms with Crippen LogP contribution in [0.15, 0.2) is 34.9 Å². The van der Waals surface area contributed by atoms with E-state index in [1.54, 1.807) is 6.92 Å². The zero-order valence-corrected chi connectivity index (χ0v) is 15.9. The summed E-state index contributed by atoms with van der Waals surface area (Å²) in [6, 6.07) is 5.04. The van der Waals surface area contributed by atoms with Gasteiger partial charge in [0.1, 0.15) is 12.3 Å². The Hall–Kier alpha value is -3.08. The highest BCUT2D eigenvalue weighted by Crippen LogP contribution is 2.30. The summed E-state index contributed by atoms with van der Waals surface area (Å²) in [6.07, 6.45) is -4.10. The van der Waals surface area contributed by atoms with E-state index in [-0.39, 0.29) is 24.6 Å². The summed E-state index contributed by atoms with van der Waals surface area (Å²) < 4.78 is 48.3. The highest BCUT2D eigenvalue weighted by molar-refractivity contribution is 5.96. The number of nitrogens with zero attached hydrogens (tertiary/aromatic N) is 2. The number of halogens is 3. The van der Waals surface area contributed by atoms with E-state index in [0.717, 1.165) is 12.1 Å². The van der Waals surface area contributed by atoms with Crippen molar-refractivity contribution in [2.75, 3.05) is 37.4 Å². The maximum atomic E-state index is 12.8. The summed E-state index contributed by atoms with van der Waals surface area (Å²) >= 11 is 0. The van der Waals surface area contributed by atoms with Gasteiger partial charge < -0.3 is 24.8 Å². The molecule has 0 radical (unpaired) electrons. The van der Waals surface area contributed by atoms with Crippen molar-refractivity contribution in [3.05, 3.63) is 41.7 Å². The minimum Gasteiger partial charge on any atom is -0.385 e. The smallest absolute Gasteiger partial charge is 0.385 e. The molecule has 0 aliphatic rings. The summed E-state index contributed by atoms with van der Waals surface area (Å²) in [4.78, 5) is 25.9. The molecule has 11 heteroatoms. The summed E-state index contributed by atoms with van der Waals surface area (Å²) in [6.45, 7) is 1.82. The molecule has 1 aromatic carbocycles. The number of hydrogen-bond acceptors (Lipinski definition) is 5. The highest BCUT2D eigenvalue weighted by Gasteiger charge is 2.30. The zero-order valence-electron chi connectivity index (χ0n) is 15.9. The van der Waals surface area contributed by atoms with Gasteiger partial charge in [0, 0.05) is 32.0 Å². The topological polar surface area (TPSA) is 96.7 Å². The lowest BCUT2D eigenvalue weighted by atomic mass is 10.2. The fourth-order valence-corrected chi connectivity index (χ4v) is 2.41. The second-order valence-electron chi connectivity index (χ2n) is 6.15. The minimum atomic E-state index is -4.53. The van der Waals surface area contributed by atoms with Gasteiger partial charge >= 0.3 is 12.2 Å². The summed E-state index contributed by atoms with van der Waals surface area (Å²) in [7, 11) is 1.49. The van der Waals surface area contributed by atoms with Crippen molar-refractivity contribution < 1.29 is 32.0 Å². The lowest BCUT2D eigenvalue weighted by molar-refractivity contribution is -0.137. The molecule has 0 bridgehead atoms. The quantitative estimate of drug-likeness (QED) is 0.645. The zero-order chi connectivity index (χ0) is 21.4. The standard InChI is InChI=1S/C18H21F3N4O4/c1-12-9-15(24-29-12)23-16(26)11-25(7-4-8-28-2)17(27)22-14-6-3-5-13(10-14)18(19,20)21/h3,5-6,9-10H,4,7-8,11H2,1-2H3,(H,22,27)(H,23,24,26). The maximum absolute atomic E-state index is 12.8. The van der Waals surface area contributed by atoms with Crippen LogP contribution in [0.5, 0.6) is 0 Å². The Labute approximate surface area is 165 Å². The van der Waals surface area contributed by atoms with Crippen molar-refractivity contribution in [3.63, 3.8) is 0 Å². The molecule has 8 nitrogen and oxygen atoms in total. The molecule has 0 fully saturated rings. The number of ether oxygens (including phenoxy) is 1. The lowest BCUT2D eigenvalue weighted by Gasteiger charge is -2.22. The van der Waals surface area contributed by atoms with Gasteiger partial charge in [0.05, 0.1) is 5.56 Å². The van der Waals surface area contributed by atoms with Crippen LogP contribution in [0.4, 0.5) is 29.5 Å². The Balaban J connectivity index is 2.05. The molecule has 3 amide bonds. The maximum Gasteiger partial charge on any atom is 0.416 e. The first kappa shape index (κ1) is 22.2. The third-order valence-corrected chi connectivity index (χ3v) is 3.73. The van der Waals surface area contributed by atoms with E-state index >= 15 is 0 Å². The van der Waals surface area contributed by atoms with E-state index in [1.165, 1.54) is 30.2 Å². The monoisotopic (exact) mass is 414 g/mol. The average Bonchev–Trinajstić information content (AvgIpc) is 3.05. The van der Waals surface area contributed by atoms with Crippen molar-refractivity contribution in [3.8, 4) is 0 Å². The lowest BCUT2D eigenvalue weighted by Crippen LogP contribution is -2.41. The minimum absolute atomic E-state index is 0.0332. The molecule has 0 saturated carbocycles. The second kappa shape index (κ2) is 9.92. The normalized spacial score (nSPS) is 11.2. The number of benzene rings is 1. The number of anilines is 2. The van der Waals surface area contributed by atoms with E-state index in [9.17, 15) is 22.8 Å². The van der Waals surface area contributed by atoms with Gasteiger partial charge in [0.25, 0.3) is 0 Å². The van der Waals surface area contributed by atoms with Crippen molar-refractivity contribution in [2.24, 2.45) is 0 Å². The number of aryl methyl sites for hydroxylation is 1. The van der Waals surface area contributed by atoms with Crippen molar-refractivity contribution in [2.45, 2.75) is 19.5 Å². The molecule has 0 atom stereocenters. The van der Waals surface area contributed by atoms with Crippen LogP contribution in [0, 0.1) is 6.92 Å².